The molecule has 0 amide bonds. The normalized spacial score (nSPS) is 19.6. The number of unbranched alkanes of at least 4 members (excludes halogenated alkanes) is 3. The minimum atomic E-state index is -4.00. The minimum Gasteiger partial charge on any atom is -0.344 e. The Morgan fingerprint density at radius 1 is 0.796 bits per heavy atom. The fourth-order valence-electron chi connectivity index (χ4n) is 9.19. The van der Waals surface area contributed by atoms with Gasteiger partial charge >= 0.3 is 0 Å². The van der Waals surface area contributed by atoms with Gasteiger partial charge in [-0.2, -0.15) is 13.0 Å². The lowest BCUT2D eigenvalue weighted by Gasteiger charge is -2.27. The van der Waals surface area contributed by atoms with Crippen LogP contribution in [0.1, 0.15) is 97.1 Å². The number of halogens is 1. The van der Waals surface area contributed by atoms with Gasteiger partial charge in [0.25, 0.3) is 10.1 Å². The summed E-state index contributed by atoms with van der Waals surface area (Å²) in [4.78, 5) is 2.34. The molecule has 2 aliphatic heterocycles. The van der Waals surface area contributed by atoms with Gasteiger partial charge in [0.15, 0.2) is 5.71 Å². The molecule has 282 valence electrons. The molecule has 0 radical (unpaired) electrons. The molecule has 0 fully saturated rings. The molecule has 3 aliphatic rings. The van der Waals surface area contributed by atoms with Crippen LogP contribution in [0.5, 0.6) is 0 Å². The number of hydrogen-bond donors (Lipinski definition) is 1. The van der Waals surface area contributed by atoms with Crippen LogP contribution in [0.25, 0.3) is 21.5 Å². The Morgan fingerprint density at radius 2 is 1.48 bits per heavy atom. The Balaban J connectivity index is 1.24. The first kappa shape index (κ1) is 38.3. The van der Waals surface area contributed by atoms with Crippen molar-refractivity contribution < 1.29 is 17.5 Å². The standard InChI is InChI=1S/C47H53ClN2O3S/c1-6-7-12-30-49-39-26-22-33-16-8-10-20-37(33)43(39)46(2,3)41(49)28-24-35-18-15-19-36(45(35)48)25-29-42-47(4,5)44-38-21-11-9-17-34(38)23-27-40(44)50(42)31-13-14-32-54(51,52)53/h8-11,16-17,20-29H,6-7,12-15,18-19,30-32H2,1-5H3/p+1. The molecule has 5 nitrogen and oxygen atoms in total. The first-order chi connectivity index (χ1) is 25.8. The zero-order valence-corrected chi connectivity index (χ0v) is 34.0. The molecule has 0 atom stereocenters. The zero-order chi connectivity index (χ0) is 38.3. The van der Waals surface area contributed by atoms with Crippen LogP contribution in [0.2, 0.25) is 0 Å². The number of rotatable bonds is 12. The molecule has 4 aromatic carbocycles. The van der Waals surface area contributed by atoms with E-state index < -0.39 is 10.1 Å². The first-order valence-corrected chi connectivity index (χ1v) is 21.7. The summed E-state index contributed by atoms with van der Waals surface area (Å²) in [6.45, 7) is 13.2. The third-order valence-electron chi connectivity index (χ3n) is 11.9. The molecule has 0 unspecified atom stereocenters. The van der Waals surface area contributed by atoms with E-state index in [2.05, 4.69) is 141 Å². The van der Waals surface area contributed by atoms with E-state index in [0.29, 0.717) is 19.4 Å². The van der Waals surface area contributed by atoms with Crippen LogP contribution in [-0.2, 0) is 20.9 Å². The van der Waals surface area contributed by atoms with E-state index in [1.807, 2.05) is 0 Å². The second-order valence-corrected chi connectivity index (χ2v) is 18.2. The molecule has 2 heterocycles. The van der Waals surface area contributed by atoms with E-state index in [4.69, 9.17) is 11.6 Å². The van der Waals surface area contributed by atoms with Gasteiger partial charge in [0.1, 0.15) is 6.54 Å². The van der Waals surface area contributed by atoms with Crippen LogP contribution >= 0.6 is 11.6 Å². The molecule has 0 aromatic heterocycles. The van der Waals surface area contributed by atoms with Gasteiger partial charge in [-0.15, -0.1) is 0 Å². The molecular formula is C47H54ClN2O3S+. The Hall–Kier alpha value is -3.97. The zero-order valence-electron chi connectivity index (χ0n) is 32.5. The van der Waals surface area contributed by atoms with Crippen LogP contribution < -0.4 is 4.90 Å². The van der Waals surface area contributed by atoms with E-state index in [9.17, 15) is 13.0 Å². The summed E-state index contributed by atoms with van der Waals surface area (Å²) >= 11 is 7.33. The van der Waals surface area contributed by atoms with E-state index in [0.717, 1.165) is 54.2 Å². The third-order valence-corrected chi connectivity index (χ3v) is 13.2. The highest BCUT2D eigenvalue weighted by atomic mass is 35.5. The molecular weight excluding hydrogens is 708 g/mol. The van der Waals surface area contributed by atoms with Crippen LogP contribution in [0, 0.1) is 0 Å². The summed E-state index contributed by atoms with van der Waals surface area (Å²) < 4.78 is 34.9. The van der Waals surface area contributed by atoms with Gasteiger partial charge in [0, 0.05) is 52.5 Å². The highest BCUT2D eigenvalue weighted by molar-refractivity contribution is 7.85. The second-order valence-electron chi connectivity index (χ2n) is 16.3. The molecule has 7 rings (SSSR count). The number of nitrogens with zero attached hydrogens (tertiary/aromatic N) is 2. The largest absolute Gasteiger partial charge is 0.344 e. The molecule has 0 bridgehead atoms. The monoisotopic (exact) mass is 761 g/mol. The van der Waals surface area contributed by atoms with E-state index in [-0.39, 0.29) is 16.6 Å². The van der Waals surface area contributed by atoms with Crippen LogP contribution in [0.3, 0.4) is 0 Å². The number of anilines is 1. The predicted molar refractivity (Wildman–Crippen MR) is 228 cm³/mol. The van der Waals surface area contributed by atoms with Crippen LogP contribution in [-0.4, -0.2) is 42.1 Å². The number of hydrogen-bond acceptors (Lipinski definition) is 3. The lowest BCUT2D eigenvalue weighted by Crippen LogP contribution is -2.28. The molecule has 0 saturated heterocycles. The number of benzene rings is 4. The molecule has 0 saturated carbocycles. The van der Waals surface area contributed by atoms with Crippen LogP contribution in [0.15, 0.2) is 119 Å². The third kappa shape index (κ3) is 7.25. The average Bonchev–Trinajstić information content (AvgIpc) is 3.50. The molecule has 1 N–H and O–H groups in total. The molecule has 0 spiro atoms. The van der Waals surface area contributed by atoms with Gasteiger partial charge in [-0.25, -0.2) is 0 Å². The van der Waals surface area contributed by atoms with Gasteiger partial charge < -0.3 is 4.90 Å². The van der Waals surface area contributed by atoms with Crippen molar-refractivity contribution in [1.82, 2.24) is 0 Å². The van der Waals surface area contributed by atoms with E-state index in [1.54, 1.807) is 0 Å². The van der Waals surface area contributed by atoms with Crippen molar-refractivity contribution in [1.29, 1.82) is 0 Å². The van der Waals surface area contributed by atoms with Crippen molar-refractivity contribution >= 4 is 60.4 Å². The van der Waals surface area contributed by atoms with Crippen molar-refractivity contribution in [3.63, 3.8) is 0 Å². The minimum absolute atomic E-state index is 0.165. The summed E-state index contributed by atoms with van der Waals surface area (Å²) in [6, 6.07) is 26.2. The van der Waals surface area contributed by atoms with Gasteiger partial charge in [-0.1, -0.05) is 106 Å². The topological polar surface area (TPSA) is 60.6 Å². The maximum atomic E-state index is 11.5. The van der Waals surface area contributed by atoms with Crippen LogP contribution in [0.4, 0.5) is 11.4 Å². The first-order valence-electron chi connectivity index (χ1n) is 19.7. The fraction of sp³-hybridized carbons (Fsp3) is 0.383. The van der Waals surface area contributed by atoms with Crippen molar-refractivity contribution in [2.75, 3.05) is 23.7 Å². The van der Waals surface area contributed by atoms with E-state index in [1.165, 1.54) is 62.5 Å². The van der Waals surface area contributed by atoms with Gasteiger partial charge in [0.05, 0.1) is 11.2 Å². The fourth-order valence-corrected chi connectivity index (χ4v) is 10.1. The molecule has 1 aliphatic carbocycles. The van der Waals surface area contributed by atoms with Crippen molar-refractivity contribution in [2.24, 2.45) is 0 Å². The number of fused-ring (bicyclic) bond motifs is 6. The van der Waals surface area contributed by atoms with Crippen molar-refractivity contribution in [2.45, 2.75) is 96.8 Å². The highest BCUT2D eigenvalue weighted by Crippen LogP contribution is 2.51. The van der Waals surface area contributed by atoms with Gasteiger partial charge in [-0.05, 0) is 109 Å². The number of allylic oxidation sites excluding steroid dienone is 8. The predicted octanol–water partition coefficient (Wildman–Crippen LogP) is 12.1. The van der Waals surface area contributed by atoms with Gasteiger partial charge in [-0.3, -0.25) is 4.55 Å². The Morgan fingerprint density at radius 3 is 2.19 bits per heavy atom. The maximum absolute atomic E-state index is 11.5. The molecule has 54 heavy (non-hydrogen) atoms. The summed E-state index contributed by atoms with van der Waals surface area (Å²) in [6.07, 6.45) is 16.5. The Bertz CT molecular complexity index is 2380. The quantitative estimate of drug-likeness (QED) is 0.0887. The van der Waals surface area contributed by atoms with Crippen molar-refractivity contribution in [3.8, 4) is 0 Å². The van der Waals surface area contributed by atoms with E-state index >= 15 is 0 Å². The SMILES string of the molecule is CCCCC[N+]1=C(/C=C/C2=C(Cl)C(=C/C=C3/N(CCCCS(=O)(=O)O)c4ccc5ccccc5c4C3(C)C)/CCC2)C(C)(C)c2c1ccc1ccccc21. The lowest BCUT2D eigenvalue weighted by atomic mass is 9.78. The highest BCUT2D eigenvalue weighted by Gasteiger charge is 2.45. The average molecular weight is 762 g/mol. The summed E-state index contributed by atoms with van der Waals surface area (Å²) in [7, 11) is -4.00. The summed E-state index contributed by atoms with van der Waals surface area (Å²) in [5.74, 6) is -0.232. The van der Waals surface area contributed by atoms with Crippen molar-refractivity contribution in [3.05, 3.63) is 130 Å². The molecule has 7 heteroatoms. The lowest BCUT2D eigenvalue weighted by molar-refractivity contribution is -0.438. The summed E-state index contributed by atoms with van der Waals surface area (Å²) in [5, 5.41) is 5.88. The smallest absolute Gasteiger partial charge is 0.264 e. The summed E-state index contributed by atoms with van der Waals surface area (Å²) in [5.41, 5.74) is 9.49. The Kier molecular flexibility index (Phi) is 10.8. The Labute approximate surface area is 327 Å². The second kappa shape index (κ2) is 15.3. The maximum Gasteiger partial charge on any atom is 0.264 e. The van der Waals surface area contributed by atoms with Gasteiger partial charge in [0.2, 0.25) is 5.69 Å². The molecule has 4 aromatic rings.